The van der Waals surface area contributed by atoms with Crippen LogP contribution in [0, 0.1) is 0 Å². The van der Waals surface area contributed by atoms with Gasteiger partial charge in [-0.15, -0.1) is 6.58 Å². The van der Waals surface area contributed by atoms with Crippen molar-refractivity contribution in [1.82, 2.24) is 5.32 Å². The molecule has 1 unspecified atom stereocenters. The van der Waals surface area contributed by atoms with Gasteiger partial charge in [-0.3, -0.25) is 0 Å². The Morgan fingerprint density at radius 2 is 2.05 bits per heavy atom. The predicted molar refractivity (Wildman–Crippen MR) is 80.6 cm³/mol. The van der Waals surface area contributed by atoms with Gasteiger partial charge in [0.1, 0.15) is 11.8 Å². The van der Waals surface area contributed by atoms with Crippen molar-refractivity contribution in [3.05, 3.63) is 36.9 Å². The lowest BCUT2D eigenvalue weighted by Crippen LogP contribution is -2.42. The number of carbonyl (C=O) groups excluding carboxylic acids is 1. The summed E-state index contributed by atoms with van der Waals surface area (Å²) >= 11 is 0. The van der Waals surface area contributed by atoms with Gasteiger partial charge in [-0.1, -0.05) is 13.0 Å². The van der Waals surface area contributed by atoms with E-state index in [2.05, 4.69) is 17.2 Å². The molecule has 0 saturated carbocycles. The van der Waals surface area contributed by atoms with E-state index in [1.807, 2.05) is 6.92 Å². The van der Waals surface area contributed by atoms with Gasteiger partial charge in [-0.05, 0) is 37.1 Å². The summed E-state index contributed by atoms with van der Waals surface area (Å²) in [6.45, 7) is 6.11. The maximum atomic E-state index is 11.7. The Bertz CT molecular complexity index is 485. The second kappa shape index (κ2) is 8.63. The van der Waals surface area contributed by atoms with Crippen LogP contribution in [-0.2, 0) is 4.79 Å². The number of urea groups is 1. The molecule has 0 radical (unpaired) electrons. The van der Waals surface area contributed by atoms with Crippen LogP contribution in [0.25, 0.3) is 0 Å². The molecule has 0 fully saturated rings. The Kier molecular flexibility index (Phi) is 6.80. The third kappa shape index (κ3) is 5.99. The van der Waals surface area contributed by atoms with E-state index in [1.54, 1.807) is 24.3 Å². The molecule has 0 aliphatic carbocycles. The summed E-state index contributed by atoms with van der Waals surface area (Å²) in [5.74, 6) is -0.383. The second-order valence-corrected chi connectivity index (χ2v) is 4.39. The molecule has 0 saturated heterocycles. The highest BCUT2D eigenvalue weighted by atomic mass is 16.5. The van der Waals surface area contributed by atoms with E-state index in [0.29, 0.717) is 12.3 Å². The van der Waals surface area contributed by atoms with Crippen molar-refractivity contribution < 1.29 is 19.4 Å². The minimum absolute atomic E-state index is 0.159. The fourth-order valence-electron chi connectivity index (χ4n) is 1.57. The normalized spacial score (nSPS) is 11.3. The molecule has 114 valence electrons. The number of amides is 2. The van der Waals surface area contributed by atoms with Crippen molar-refractivity contribution in [3.63, 3.8) is 0 Å². The number of anilines is 1. The van der Waals surface area contributed by atoms with Crippen LogP contribution in [0.15, 0.2) is 36.9 Å². The van der Waals surface area contributed by atoms with Crippen LogP contribution in [0.4, 0.5) is 10.5 Å². The molecule has 0 spiro atoms. The van der Waals surface area contributed by atoms with Gasteiger partial charge >= 0.3 is 12.0 Å². The molecule has 1 rings (SSSR count). The number of hydrogen-bond donors (Lipinski definition) is 3. The van der Waals surface area contributed by atoms with Crippen molar-refractivity contribution in [2.24, 2.45) is 0 Å². The highest BCUT2D eigenvalue weighted by molar-refractivity contribution is 5.92. The van der Waals surface area contributed by atoms with Crippen LogP contribution in [-0.4, -0.2) is 29.8 Å². The summed E-state index contributed by atoms with van der Waals surface area (Å²) in [5, 5.41) is 13.9. The number of nitrogens with one attached hydrogen (secondary N) is 2. The predicted octanol–water partition coefficient (Wildman–Crippen LogP) is 2.63. The van der Waals surface area contributed by atoms with Crippen LogP contribution in [0.5, 0.6) is 5.75 Å². The largest absolute Gasteiger partial charge is 0.494 e. The van der Waals surface area contributed by atoms with E-state index in [4.69, 9.17) is 9.84 Å². The summed E-state index contributed by atoms with van der Waals surface area (Å²) in [7, 11) is 0. The zero-order valence-electron chi connectivity index (χ0n) is 12.0. The first-order chi connectivity index (χ1) is 10.1. The number of hydrogen-bond acceptors (Lipinski definition) is 3. The first-order valence-corrected chi connectivity index (χ1v) is 6.71. The zero-order chi connectivity index (χ0) is 15.7. The van der Waals surface area contributed by atoms with Crippen molar-refractivity contribution in [1.29, 1.82) is 0 Å². The van der Waals surface area contributed by atoms with Crippen LogP contribution in [0.1, 0.15) is 19.8 Å². The SMILES string of the molecule is C=CCC(NC(=O)Nc1ccc(OCCC)cc1)C(=O)O. The molecular weight excluding hydrogens is 272 g/mol. The quantitative estimate of drug-likeness (QED) is 0.643. The molecule has 6 nitrogen and oxygen atoms in total. The van der Waals surface area contributed by atoms with E-state index in [0.717, 1.165) is 12.2 Å². The molecule has 3 N–H and O–H groups in total. The Hall–Kier alpha value is -2.50. The maximum absolute atomic E-state index is 11.7. The molecule has 0 aromatic heterocycles. The highest BCUT2D eigenvalue weighted by Gasteiger charge is 2.18. The lowest BCUT2D eigenvalue weighted by Gasteiger charge is -2.13. The smallest absolute Gasteiger partial charge is 0.326 e. The second-order valence-electron chi connectivity index (χ2n) is 4.39. The number of ether oxygens (including phenoxy) is 1. The number of rotatable bonds is 8. The van der Waals surface area contributed by atoms with E-state index < -0.39 is 18.0 Å². The van der Waals surface area contributed by atoms with Crippen molar-refractivity contribution in [2.75, 3.05) is 11.9 Å². The van der Waals surface area contributed by atoms with Gasteiger partial charge in [0, 0.05) is 5.69 Å². The molecule has 21 heavy (non-hydrogen) atoms. The van der Waals surface area contributed by atoms with Crippen molar-refractivity contribution in [2.45, 2.75) is 25.8 Å². The average molecular weight is 292 g/mol. The minimum Gasteiger partial charge on any atom is -0.494 e. The fourth-order valence-corrected chi connectivity index (χ4v) is 1.57. The molecule has 0 aliphatic rings. The molecule has 0 bridgehead atoms. The summed E-state index contributed by atoms with van der Waals surface area (Å²) in [5.41, 5.74) is 0.555. The summed E-state index contributed by atoms with van der Waals surface area (Å²) < 4.78 is 5.43. The van der Waals surface area contributed by atoms with Gasteiger partial charge in [0.25, 0.3) is 0 Å². The van der Waals surface area contributed by atoms with Crippen molar-refractivity contribution in [3.8, 4) is 5.75 Å². The molecular formula is C15H20N2O4. The van der Waals surface area contributed by atoms with Gasteiger partial charge in [-0.2, -0.15) is 0 Å². The van der Waals surface area contributed by atoms with Gasteiger partial charge < -0.3 is 20.5 Å². The standard InChI is InChI=1S/C15H20N2O4/c1-3-5-13(14(18)19)17-15(20)16-11-6-8-12(9-7-11)21-10-4-2/h3,6-9,13H,1,4-5,10H2,2H3,(H,18,19)(H2,16,17,20). The van der Waals surface area contributed by atoms with Crippen LogP contribution < -0.4 is 15.4 Å². The van der Waals surface area contributed by atoms with Gasteiger partial charge in [0.05, 0.1) is 6.61 Å². The third-order valence-corrected chi connectivity index (χ3v) is 2.59. The number of aliphatic carboxylic acids is 1. The van der Waals surface area contributed by atoms with Crippen LogP contribution >= 0.6 is 0 Å². The van der Waals surface area contributed by atoms with Gasteiger partial charge in [0.2, 0.25) is 0 Å². The first-order valence-electron chi connectivity index (χ1n) is 6.71. The van der Waals surface area contributed by atoms with E-state index in [-0.39, 0.29) is 6.42 Å². The minimum atomic E-state index is -1.10. The van der Waals surface area contributed by atoms with E-state index in [9.17, 15) is 9.59 Å². The molecule has 2 amide bonds. The molecule has 0 aliphatic heterocycles. The van der Waals surface area contributed by atoms with Gasteiger partial charge in [-0.25, -0.2) is 9.59 Å². The number of carbonyl (C=O) groups is 2. The van der Waals surface area contributed by atoms with Crippen molar-refractivity contribution >= 4 is 17.7 Å². The monoisotopic (exact) mass is 292 g/mol. The molecule has 1 aromatic rings. The van der Waals surface area contributed by atoms with Crippen LogP contribution in [0.3, 0.4) is 0 Å². The van der Waals surface area contributed by atoms with E-state index >= 15 is 0 Å². The summed E-state index contributed by atoms with van der Waals surface area (Å²) in [6.07, 6.45) is 2.52. The number of benzene rings is 1. The lowest BCUT2D eigenvalue weighted by molar-refractivity contribution is -0.139. The van der Waals surface area contributed by atoms with E-state index in [1.165, 1.54) is 6.08 Å². The molecule has 1 atom stereocenters. The summed E-state index contributed by atoms with van der Waals surface area (Å²) in [4.78, 5) is 22.6. The Balaban J connectivity index is 2.53. The Morgan fingerprint density at radius 1 is 1.38 bits per heavy atom. The Morgan fingerprint density at radius 3 is 2.57 bits per heavy atom. The van der Waals surface area contributed by atoms with Gasteiger partial charge in [0.15, 0.2) is 0 Å². The zero-order valence-corrected chi connectivity index (χ0v) is 12.0. The maximum Gasteiger partial charge on any atom is 0.326 e. The Labute approximate surface area is 123 Å². The molecule has 6 heteroatoms. The third-order valence-electron chi connectivity index (χ3n) is 2.59. The first kappa shape index (κ1) is 16.6. The average Bonchev–Trinajstić information content (AvgIpc) is 2.46. The fraction of sp³-hybridized carbons (Fsp3) is 0.333. The highest BCUT2D eigenvalue weighted by Crippen LogP contribution is 2.15. The summed E-state index contributed by atoms with van der Waals surface area (Å²) in [6, 6.07) is 5.29. The molecule has 0 heterocycles. The molecule has 1 aromatic carbocycles. The lowest BCUT2D eigenvalue weighted by atomic mass is 10.2. The number of carboxylic acid groups (broad SMARTS) is 1. The van der Waals surface area contributed by atoms with Crippen LogP contribution in [0.2, 0.25) is 0 Å². The number of carboxylic acids is 1. The topological polar surface area (TPSA) is 87.7 Å².